The van der Waals surface area contributed by atoms with E-state index in [4.69, 9.17) is 0 Å². The zero-order valence-corrected chi connectivity index (χ0v) is 9.45. The van der Waals surface area contributed by atoms with Crippen LogP contribution in [0, 0.1) is 0 Å². The molecule has 0 saturated carbocycles. The van der Waals surface area contributed by atoms with E-state index < -0.39 is 11.7 Å². The third kappa shape index (κ3) is 3.62. The summed E-state index contributed by atoms with van der Waals surface area (Å²) in [4.78, 5) is 12.5. The van der Waals surface area contributed by atoms with Crippen molar-refractivity contribution in [2.24, 2.45) is 0 Å². The SMILES string of the molecule is CN(C)C(=O)/C=C/c1ccccc1C(F)(F)F. The summed E-state index contributed by atoms with van der Waals surface area (Å²) in [5, 5.41) is 0. The van der Waals surface area contributed by atoms with Crippen LogP contribution in [0.1, 0.15) is 11.1 Å². The van der Waals surface area contributed by atoms with Crippen molar-refractivity contribution in [1.82, 2.24) is 4.90 Å². The van der Waals surface area contributed by atoms with Crippen LogP contribution in [0.5, 0.6) is 0 Å². The number of hydrogen-bond acceptors (Lipinski definition) is 1. The van der Waals surface area contributed by atoms with Gasteiger partial charge in [-0.3, -0.25) is 4.79 Å². The van der Waals surface area contributed by atoms with Gasteiger partial charge in [-0.2, -0.15) is 13.2 Å². The third-order valence-electron chi connectivity index (χ3n) is 2.11. The van der Waals surface area contributed by atoms with Crippen LogP contribution < -0.4 is 0 Å². The first kappa shape index (κ1) is 13.3. The summed E-state index contributed by atoms with van der Waals surface area (Å²) in [6, 6.07) is 5.12. The largest absolute Gasteiger partial charge is 0.416 e. The molecule has 92 valence electrons. The Morgan fingerprint density at radius 3 is 2.35 bits per heavy atom. The molecular weight excluding hydrogens is 231 g/mol. The van der Waals surface area contributed by atoms with E-state index in [0.29, 0.717) is 0 Å². The van der Waals surface area contributed by atoms with Crippen molar-refractivity contribution in [3.05, 3.63) is 41.5 Å². The van der Waals surface area contributed by atoms with Crippen molar-refractivity contribution in [3.63, 3.8) is 0 Å². The summed E-state index contributed by atoms with van der Waals surface area (Å²) in [7, 11) is 3.06. The summed E-state index contributed by atoms with van der Waals surface area (Å²) in [5.41, 5.74) is -0.766. The number of alkyl halides is 3. The van der Waals surface area contributed by atoms with Crippen molar-refractivity contribution >= 4 is 12.0 Å². The third-order valence-corrected chi connectivity index (χ3v) is 2.11. The van der Waals surface area contributed by atoms with Crippen LogP contribution >= 0.6 is 0 Å². The topological polar surface area (TPSA) is 20.3 Å². The normalized spacial score (nSPS) is 11.8. The maximum absolute atomic E-state index is 12.6. The number of rotatable bonds is 2. The van der Waals surface area contributed by atoms with Gasteiger partial charge in [0.1, 0.15) is 0 Å². The average molecular weight is 243 g/mol. The second kappa shape index (κ2) is 5.03. The Labute approximate surface area is 97.3 Å². The zero-order chi connectivity index (χ0) is 13.1. The first-order chi connectivity index (χ1) is 7.82. The van der Waals surface area contributed by atoms with E-state index in [2.05, 4.69) is 0 Å². The second-order valence-electron chi connectivity index (χ2n) is 3.65. The first-order valence-corrected chi connectivity index (χ1v) is 4.88. The van der Waals surface area contributed by atoms with E-state index in [1.165, 1.54) is 43.3 Å². The minimum Gasteiger partial charge on any atom is -0.345 e. The molecule has 0 heterocycles. The molecule has 2 nitrogen and oxygen atoms in total. The molecule has 1 rings (SSSR count). The van der Waals surface area contributed by atoms with E-state index in [1.54, 1.807) is 0 Å². The van der Waals surface area contributed by atoms with Gasteiger partial charge in [-0.25, -0.2) is 0 Å². The molecule has 17 heavy (non-hydrogen) atoms. The van der Waals surface area contributed by atoms with E-state index in [9.17, 15) is 18.0 Å². The number of halogens is 3. The minimum atomic E-state index is -4.41. The molecule has 0 aliphatic carbocycles. The van der Waals surface area contributed by atoms with Crippen LogP contribution in [-0.2, 0) is 11.0 Å². The quantitative estimate of drug-likeness (QED) is 0.731. The van der Waals surface area contributed by atoms with Gasteiger partial charge in [-0.05, 0) is 17.7 Å². The van der Waals surface area contributed by atoms with Crippen LogP contribution in [0.4, 0.5) is 13.2 Å². The van der Waals surface area contributed by atoms with E-state index in [-0.39, 0.29) is 11.5 Å². The van der Waals surface area contributed by atoms with E-state index >= 15 is 0 Å². The highest BCUT2D eigenvalue weighted by molar-refractivity contribution is 5.91. The van der Waals surface area contributed by atoms with Gasteiger partial charge in [0.25, 0.3) is 0 Å². The maximum atomic E-state index is 12.6. The second-order valence-corrected chi connectivity index (χ2v) is 3.65. The van der Waals surface area contributed by atoms with Gasteiger partial charge < -0.3 is 4.90 Å². The molecule has 1 amide bonds. The standard InChI is InChI=1S/C12H12F3NO/c1-16(2)11(17)8-7-9-5-3-4-6-10(9)12(13,14)15/h3-8H,1-2H3/b8-7+. The predicted molar refractivity (Wildman–Crippen MR) is 59.2 cm³/mol. The van der Waals surface area contributed by atoms with Crippen molar-refractivity contribution in [1.29, 1.82) is 0 Å². The molecule has 0 aromatic heterocycles. The van der Waals surface area contributed by atoms with Crippen LogP contribution in [0.2, 0.25) is 0 Å². The van der Waals surface area contributed by atoms with Crippen molar-refractivity contribution in [2.75, 3.05) is 14.1 Å². The fraction of sp³-hybridized carbons (Fsp3) is 0.250. The lowest BCUT2D eigenvalue weighted by molar-refractivity contribution is -0.137. The Morgan fingerprint density at radius 2 is 1.82 bits per heavy atom. The van der Waals surface area contributed by atoms with Gasteiger partial charge >= 0.3 is 6.18 Å². The average Bonchev–Trinajstić information content (AvgIpc) is 2.24. The molecule has 0 unspecified atom stereocenters. The highest BCUT2D eigenvalue weighted by atomic mass is 19.4. The number of amides is 1. The van der Waals surface area contributed by atoms with Crippen molar-refractivity contribution in [2.45, 2.75) is 6.18 Å². The lowest BCUT2D eigenvalue weighted by Gasteiger charge is -2.10. The van der Waals surface area contributed by atoms with Gasteiger partial charge in [0.05, 0.1) is 5.56 Å². The summed E-state index contributed by atoms with van der Waals surface area (Å²) in [6.45, 7) is 0. The fourth-order valence-corrected chi connectivity index (χ4v) is 1.21. The monoisotopic (exact) mass is 243 g/mol. The molecule has 0 atom stereocenters. The molecular formula is C12H12F3NO. The number of hydrogen-bond donors (Lipinski definition) is 0. The van der Waals surface area contributed by atoms with Crippen molar-refractivity contribution in [3.8, 4) is 0 Å². The number of carbonyl (C=O) groups is 1. The molecule has 1 aromatic carbocycles. The predicted octanol–water partition coefficient (Wildman–Crippen LogP) is 2.81. The molecule has 0 aliphatic rings. The molecule has 0 aliphatic heterocycles. The zero-order valence-electron chi connectivity index (χ0n) is 9.45. The first-order valence-electron chi connectivity index (χ1n) is 4.88. The van der Waals surface area contributed by atoms with Gasteiger partial charge in [0, 0.05) is 20.2 Å². The van der Waals surface area contributed by atoms with Gasteiger partial charge in [-0.1, -0.05) is 18.2 Å². The van der Waals surface area contributed by atoms with E-state index in [0.717, 1.165) is 12.1 Å². The lowest BCUT2D eigenvalue weighted by atomic mass is 10.1. The molecule has 0 radical (unpaired) electrons. The number of carbonyl (C=O) groups excluding carboxylic acids is 1. The molecule has 0 spiro atoms. The Balaban J connectivity index is 3.04. The molecule has 1 aromatic rings. The molecule has 0 saturated heterocycles. The maximum Gasteiger partial charge on any atom is 0.416 e. The summed E-state index contributed by atoms with van der Waals surface area (Å²) in [6.07, 6.45) is -2.13. The Hall–Kier alpha value is -1.78. The van der Waals surface area contributed by atoms with Crippen LogP contribution in [0.25, 0.3) is 6.08 Å². The highest BCUT2D eigenvalue weighted by Gasteiger charge is 2.32. The summed E-state index contributed by atoms with van der Waals surface area (Å²) in [5.74, 6) is -0.359. The molecule has 5 heteroatoms. The summed E-state index contributed by atoms with van der Waals surface area (Å²) >= 11 is 0. The minimum absolute atomic E-state index is 0.0183. The molecule has 0 N–H and O–H groups in total. The number of benzene rings is 1. The Kier molecular flexibility index (Phi) is 3.93. The van der Waals surface area contributed by atoms with Crippen LogP contribution in [0.3, 0.4) is 0 Å². The molecule has 0 bridgehead atoms. The fourth-order valence-electron chi connectivity index (χ4n) is 1.21. The van der Waals surface area contributed by atoms with Gasteiger partial charge in [0.15, 0.2) is 0 Å². The smallest absolute Gasteiger partial charge is 0.345 e. The van der Waals surface area contributed by atoms with E-state index in [1.807, 2.05) is 0 Å². The highest BCUT2D eigenvalue weighted by Crippen LogP contribution is 2.32. The number of likely N-dealkylation sites (N-methyl/N-ethyl adjacent to an activating group) is 1. The van der Waals surface area contributed by atoms with Crippen LogP contribution in [-0.4, -0.2) is 24.9 Å². The van der Waals surface area contributed by atoms with Gasteiger partial charge in [0.2, 0.25) is 5.91 Å². The lowest BCUT2D eigenvalue weighted by Crippen LogP contribution is -2.18. The molecule has 0 fully saturated rings. The van der Waals surface area contributed by atoms with Crippen LogP contribution in [0.15, 0.2) is 30.3 Å². The number of nitrogens with zero attached hydrogens (tertiary/aromatic N) is 1. The van der Waals surface area contributed by atoms with Crippen molar-refractivity contribution < 1.29 is 18.0 Å². The summed E-state index contributed by atoms with van der Waals surface area (Å²) < 4.78 is 37.8. The Morgan fingerprint density at radius 1 is 1.24 bits per heavy atom. The Bertz CT molecular complexity index is 436. The van der Waals surface area contributed by atoms with Gasteiger partial charge in [-0.15, -0.1) is 0 Å².